The van der Waals surface area contributed by atoms with E-state index in [0.717, 1.165) is 33.4 Å². The van der Waals surface area contributed by atoms with Gasteiger partial charge in [0, 0.05) is 20.1 Å². The Morgan fingerprint density at radius 1 is 1.10 bits per heavy atom. The van der Waals surface area contributed by atoms with E-state index in [1.807, 2.05) is 31.2 Å². The van der Waals surface area contributed by atoms with Crippen molar-refractivity contribution in [2.45, 2.75) is 6.92 Å². The van der Waals surface area contributed by atoms with Crippen molar-refractivity contribution >= 4 is 39.2 Å². The lowest BCUT2D eigenvalue weighted by Crippen LogP contribution is -2.10. The Balaban J connectivity index is 2.35. The lowest BCUT2D eigenvalue weighted by Gasteiger charge is -2.14. The van der Waals surface area contributed by atoms with Crippen molar-refractivity contribution in [2.24, 2.45) is 5.84 Å². The van der Waals surface area contributed by atoms with Crippen LogP contribution in [-0.4, -0.2) is 4.98 Å². The summed E-state index contributed by atoms with van der Waals surface area (Å²) in [6.45, 7) is 2.05. The molecule has 0 saturated heterocycles. The summed E-state index contributed by atoms with van der Waals surface area (Å²) in [4.78, 5) is 4.80. The first-order valence-corrected chi connectivity index (χ1v) is 7.40. The largest absolute Gasteiger partial charge is 0.323 e. The van der Waals surface area contributed by atoms with Crippen LogP contribution in [-0.2, 0) is 0 Å². The van der Waals surface area contributed by atoms with Gasteiger partial charge in [0.15, 0.2) is 0 Å². The van der Waals surface area contributed by atoms with Crippen molar-refractivity contribution in [1.82, 2.24) is 4.98 Å². The highest BCUT2D eigenvalue weighted by Crippen LogP contribution is 2.33. The smallest absolute Gasteiger partial charge is 0.0759 e. The lowest BCUT2D eigenvalue weighted by molar-refractivity contribution is 1.28. The number of pyridine rings is 1. The summed E-state index contributed by atoms with van der Waals surface area (Å²) >= 11 is 2.30. The van der Waals surface area contributed by atoms with Crippen LogP contribution in [0.15, 0.2) is 48.5 Å². The zero-order valence-corrected chi connectivity index (χ0v) is 13.2. The molecule has 3 aromatic rings. The topological polar surface area (TPSA) is 50.9 Å². The van der Waals surface area contributed by atoms with Gasteiger partial charge in [0.05, 0.1) is 16.9 Å². The molecule has 0 unspecified atom stereocenters. The van der Waals surface area contributed by atoms with E-state index in [1.165, 1.54) is 3.57 Å². The molecule has 0 fully saturated rings. The summed E-state index contributed by atoms with van der Waals surface area (Å²) in [7, 11) is 0. The van der Waals surface area contributed by atoms with Gasteiger partial charge in [0.1, 0.15) is 0 Å². The highest BCUT2D eigenvalue weighted by atomic mass is 127. The van der Waals surface area contributed by atoms with E-state index >= 15 is 0 Å². The first kappa shape index (κ1) is 13.3. The Hall–Kier alpha value is -1.66. The molecule has 0 amide bonds. The average Bonchev–Trinajstić information content (AvgIpc) is 2.48. The molecule has 4 heteroatoms. The Labute approximate surface area is 131 Å². The van der Waals surface area contributed by atoms with Gasteiger partial charge in [-0.05, 0) is 47.7 Å². The number of hydrogen-bond acceptors (Lipinski definition) is 3. The number of hydrazine groups is 1. The Bertz CT molecular complexity index is 770. The third-order valence-corrected chi connectivity index (χ3v) is 4.05. The minimum Gasteiger partial charge on any atom is -0.323 e. The van der Waals surface area contributed by atoms with E-state index in [9.17, 15) is 0 Å². The number of aromatic nitrogens is 1. The zero-order chi connectivity index (χ0) is 14.1. The van der Waals surface area contributed by atoms with Crippen molar-refractivity contribution in [1.29, 1.82) is 0 Å². The van der Waals surface area contributed by atoms with Crippen LogP contribution in [0.3, 0.4) is 0 Å². The third-order valence-electron chi connectivity index (χ3n) is 3.38. The van der Waals surface area contributed by atoms with Crippen LogP contribution in [0, 0.1) is 10.5 Å². The molecule has 0 aliphatic heterocycles. The second-order valence-corrected chi connectivity index (χ2v) is 5.88. The van der Waals surface area contributed by atoms with Gasteiger partial charge >= 0.3 is 0 Å². The van der Waals surface area contributed by atoms with Crippen molar-refractivity contribution < 1.29 is 0 Å². The normalized spacial score (nSPS) is 10.8. The lowest BCUT2D eigenvalue weighted by atomic mass is 10.0. The molecule has 0 bridgehead atoms. The molecule has 100 valence electrons. The van der Waals surface area contributed by atoms with Gasteiger partial charge in [-0.3, -0.25) is 5.84 Å². The Morgan fingerprint density at radius 2 is 1.85 bits per heavy atom. The minimum absolute atomic E-state index is 0.937. The Morgan fingerprint density at radius 3 is 2.55 bits per heavy atom. The fourth-order valence-corrected chi connectivity index (χ4v) is 2.88. The molecule has 20 heavy (non-hydrogen) atoms. The van der Waals surface area contributed by atoms with Crippen molar-refractivity contribution in [2.75, 3.05) is 5.43 Å². The summed E-state index contributed by atoms with van der Waals surface area (Å²) < 4.78 is 1.17. The molecular weight excluding hydrogens is 361 g/mol. The average molecular weight is 375 g/mol. The first-order chi connectivity index (χ1) is 9.70. The SMILES string of the molecule is Cc1c(-c2ccccc2)nc2ccc(I)cc2c1NN. The monoisotopic (exact) mass is 375 g/mol. The fraction of sp³-hybridized carbons (Fsp3) is 0.0625. The molecule has 1 aromatic heterocycles. The molecular formula is C16H14IN3. The number of hydrogen-bond donors (Lipinski definition) is 2. The predicted octanol–water partition coefficient (Wildman–Crippen LogP) is 4.10. The maximum Gasteiger partial charge on any atom is 0.0759 e. The van der Waals surface area contributed by atoms with Crippen LogP contribution >= 0.6 is 22.6 Å². The number of nitrogens with one attached hydrogen (secondary N) is 1. The highest BCUT2D eigenvalue weighted by molar-refractivity contribution is 14.1. The van der Waals surface area contributed by atoms with E-state index in [0.29, 0.717) is 0 Å². The molecule has 0 spiro atoms. The van der Waals surface area contributed by atoms with Gasteiger partial charge in [-0.2, -0.15) is 0 Å². The molecule has 3 rings (SSSR count). The number of benzene rings is 2. The molecule has 0 atom stereocenters. The van der Waals surface area contributed by atoms with Crippen molar-refractivity contribution in [3.8, 4) is 11.3 Å². The predicted molar refractivity (Wildman–Crippen MR) is 92.4 cm³/mol. The Kier molecular flexibility index (Phi) is 3.58. The number of nitrogens with two attached hydrogens (primary N) is 1. The van der Waals surface area contributed by atoms with Crippen LogP contribution in [0.2, 0.25) is 0 Å². The molecule has 0 radical (unpaired) electrons. The molecule has 0 saturated carbocycles. The molecule has 0 aliphatic rings. The quantitative estimate of drug-likeness (QED) is 0.403. The van der Waals surface area contributed by atoms with Crippen LogP contribution in [0.1, 0.15) is 5.56 Å². The zero-order valence-electron chi connectivity index (χ0n) is 11.0. The minimum atomic E-state index is 0.937. The number of rotatable bonds is 2. The summed E-state index contributed by atoms with van der Waals surface area (Å²) in [5, 5.41) is 1.05. The van der Waals surface area contributed by atoms with E-state index < -0.39 is 0 Å². The molecule has 1 heterocycles. The van der Waals surface area contributed by atoms with Gasteiger partial charge < -0.3 is 5.43 Å². The number of halogens is 1. The van der Waals surface area contributed by atoms with Gasteiger partial charge in [0.2, 0.25) is 0 Å². The van der Waals surface area contributed by atoms with Gasteiger partial charge in [-0.25, -0.2) is 4.98 Å². The van der Waals surface area contributed by atoms with Crippen LogP contribution in [0.25, 0.3) is 22.2 Å². The summed E-state index contributed by atoms with van der Waals surface area (Å²) in [6, 6.07) is 16.4. The standard InChI is InChI=1S/C16H14IN3/c1-10-15(11-5-3-2-4-6-11)19-14-8-7-12(17)9-13(14)16(10)20-18/h2-9H,18H2,1H3,(H,19,20). The van der Waals surface area contributed by atoms with Crippen molar-refractivity contribution in [3.63, 3.8) is 0 Å². The van der Waals surface area contributed by atoms with E-state index in [4.69, 9.17) is 10.8 Å². The van der Waals surface area contributed by atoms with Gasteiger partial charge in [0.25, 0.3) is 0 Å². The number of nitrogens with zero attached hydrogens (tertiary/aromatic N) is 1. The van der Waals surface area contributed by atoms with Crippen LogP contribution in [0.4, 0.5) is 5.69 Å². The second-order valence-electron chi connectivity index (χ2n) is 4.63. The van der Waals surface area contributed by atoms with Crippen LogP contribution < -0.4 is 11.3 Å². The number of anilines is 1. The van der Waals surface area contributed by atoms with E-state index in [1.54, 1.807) is 0 Å². The number of nitrogen functional groups attached to an aromatic ring is 1. The third kappa shape index (κ3) is 2.25. The van der Waals surface area contributed by atoms with Crippen molar-refractivity contribution in [3.05, 3.63) is 57.7 Å². The van der Waals surface area contributed by atoms with Gasteiger partial charge in [-0.15, -0.1) is 0 Å². The molecule has 3 nitrogen and oxygen atoms in total. The molecule has 0 aliphatic carbocycles. The number of fused-ring (bicyclic) bond motifs is 1. The van der Waals surface area contributed by atoms with Crippen LogP contribution in [0.5, 0.6) is 0 Å². The summed E-state index contributed by atoms with van der Waals surface area (Å²) in [5.74, 6) is 5.73. The van der Waals surface area contributed by atoms with Gasteiger partial charge in [-0.1, -0.05) is 30.3 Å². The summed E-state index contributed by atoms with van der Waals surface area (Å²) in [5.41, 5.74) is 7.84. The molecule has 2 aromatic carbocycles. The maximum atomic E-state index is 5.73. The first-order valence-electron chi connectivity index (χ1n) is 6.32. The van der Waals surface area contributed by atoms with E-state index in [-0.39, 0.29) is 0 Å². The summed E-state index contributed by atoms with van der Waals surface area (Å²) in [6.07, 6.45) is 0. The second kappa shape index (κ2) is 5.38. The maximum absolute atomic E-state index is 5.73. The van der Waals surface area contributed by atoms with E-state index in [2.05, 4.69) is 52.3 Å². The molecule has 3 N–H and O–H groups in total. The highest BCUT2D eigenvalue weighted by Gasteiger charge is 2.12. The fourth-order valence-electron chi connectivity index (χ4n) is 2.39.